The zero-order chi connectivity index (χ0) is 21.6. The molecule has 2 aliphatic rings. The number of halogens is 1. The van der Waals surface area contributed by atoms with Crippen LogP contribution in [0.4, 0.5) is 16.0 Å². The molecule has 0 spiro atoms. The lowest BCUT2D eigenvalue weighted by Gasteiger charge is -2.33. The number of aromatic nitrogens is 3. The second-order valence-electron chi connectivity index (χ2n) is 7.58. The van der Waals surface area contributed by atoms with Gasteiger partial charge in [-0.3, -0.25) is 4.79 Å². The normalized spacial score (nSPS) is 15.6. The third kappa shape index (κ3) is 3.20. The lowest BCUT2D eigenvalue weighted by Crippen LogP contribution is -2.34. The van der Waals surface area contributed by atoms with Gasteiger partial charge in [0, 0.05) is 29.9 Å². The average molecular weight is 406 g/mol. The summed E-state index contributed by atoms with van der Waals surface area (Å²) in [6, 6.07) is 4.86. The lowest BCUT2D eigenvalue weighted by molar-refractivity contribution is 0.111. The number of rotatable bonds is 6. The van der Waals surface area contributed by atoms with E-state index >= 15 is 0 Å². The molecule has 0 aromatic carbocycles. The molecule has 4 rings (SSSR count). The topological polar surface area (TPSA) is 66.3 Å². The summed E-state index contributed by atoms with van der Waals surface area (Å²) in [4.78, 5) is 19.6. The zero-order valence-corrected chi connectivity index (χ0v) is 17.0. The largest absolute Gasteiger partial charge is 0.363 e. The Hall–Kier alpha value is -3.68. The molecule has 8 heteroatoms. The van der Waals surface area contributed by atoms with Crippen LogP contribution in [0, 0.1) is 5.82 Å². The highest BCUT2D eigenvalue weighted by Gasteiger charge is 2.38. The van der Waals surface area contributed by atoms with Crippen molar-refractivity contribution in [1.29, 1.82) is 0 Å². The first-order valence-electron chi connectivity index (χ1n) is 9.58. The fourth-order valence-electron chi connectivity index (χ4n) is 3.79. The quantitative estimate of drug-likeness (QED) is 0.739. The van der Waals surface area contributed by atoms with Crippen molar-refractivity contribution in [3.63, 3.8) is 0 Å². The van der Waals surface area contributed by atoms with Crippen molar-refractivity contribution in [2.24, 2.45) is 0 Å². The molecule has 2 aliphatic heterocycles. The van der Waals surface area contributed by atoms with E-state index in [2.05, 4.69) is 53.9 Å². The zero-order valence-electron chi connectivity index (χ0n) is 17.0. The van der Waals surface area contributed by atoms with Gasteiger partial charge in [-0.05, 0) is 26.0 Å². The van der Waals surface area contributed by atoms with Gasteiger partial charge in [-0.1, -0.05) is 19.7 Å². The second kappa shape index (κ2) is 7.29. The standard InChI is InChI=1S/C22H23FN6O/c1-13(2)27-11-19-15(4)29-21(8-18(12-30)26-29)28(22(19)16(27)5)10-14(3)25-20-7-6-17(23)9-24-20/h6-9,12-13H,3-5,10-11H2,1-2H3,(H,24,25). The Morgan fingerprint density at radius 1 is 1.33 bits per heavy atom. The van der Waals surface area contributed by atoms with Crippen LogP contribution in [0.1, 0.15) is 24.3 Å². The maximum atomic E-state index is 13.1. The molecule has 2 aromatic rings. The highest BCUT2D eigenvalue weighted by Crippen LogP contribution is 2.43. The van der Waals surface area contributed by atoms with E-state index in [1.54, 1.807) is 16.8 Å². The summed E-state index contributed by atoms with van der Waals surface area (Å²) in [5, 5.41) is 7.48. The Kier molecular flexibility index (Phi) is 4.77. The van der Waals surface area contributed by atoms with Crippen molar-refractivity contribution in [2.45, 2.75) is 19.9 Å². The molecule has 2 aromatic heterocycles. The van der Waals surface area contributed by atoms with E-state index < -0.39 is 5.82 Å². The molecule has 1 N–H and O–H groups in total. The van der Waals surface area contributed by atoms with Gasteiger partial charge in [0.15, 0.2) is 6.29 Å². The molecule has 0 radical (unpaired) electrons. The molecule has 0 unspecified atom stereocenters. The van der Waals surface area contributed by atoms with Crippen LogP contribution in [0.3, 0.4) is 0 Å². The molecule has 0 aliphatic carbocycles. The maximum absolute atomic E-state index is 13.1. The van der Waals surface area contributed by atoms with Crippen LogP contribution >= 0.6 is 0 Å². The Bertz CT molecular complexity index is 1100. The van der Waals surface area contributed by atoms with Gasteiger partial charge in [0.2, 0.25) is 0 Å². The van der Waals surface area contributed by atoms with Crippen LogP contribution in [0.25, 0.3) is 5.70 Å². The predicted molar refractivity (Wildman–Crippen MR) is 115 cm³/mol. The minimum atomic E-state index is -0.406. The predicted octanol–water partition coefficient (Wildman–Crippen LogP) is 3.64. The van der Waals surface area contributed by atoms with Crippen LogP contribution in [-0.4, -0.2) is 45.1 Å². The van der Waals surface area contributed by atoms with Gasteiger partial charge >= 0.3 is 0 Å². The minimum Gasteiger partial charge on any atom is -0.363 e. The van der Waals surface area contributed by atoms with Crippen LogP contribution in [0.5, 0.6) is 0 Å². The molecular weight excluding hydrogens is 383 g/mol. The number of aldehydes is 1. The Labute approximate surface area is 174 Å². The number of anilines is 2. The molecule has 0 fully saturated rings. The van der Waals surface area contributed by atoms with Crippen molar-refractivity contribution < 1.29 is 9.18 Å². The number of hydrogen-bond acceptors (Lipinski definition) is 6. The lowest BCUT2D eigenvalue weighted by atomic mass is 10.1. The van der Waals surface area contributed by atoms with E-state index in [-0.39, 0.29) is 6.04 Å². The Balaban J connectivity index is 1.69. The first-order chi connectivity index (χ1) is 14.3. The number of nitrogens with zero attached hydrogens (tertiary/aromatic N) is 5. The number of hydrogen-bond donors (Lipinski definition) is 1. The third-order valence-electron chi connectivity index (χ3n) is 5.22. The van der Waals surface area contributed by atoms with E-state index in [4.69, 9.17) is 0 Å². The number of carbonyl (C=O) groups is 1. The van der Waals surface area contributed by atoms with Crippen LogP contribution in [0.2, 0.25) is 0 Å². The van der Waals surface area contributed by atoms with Gasteiger partial charge in [-0.15, -0.1) is 0 Å². The molecule has 0 amide bonds. The summed E-state index contributed by atoms with van der Waals surface area (Å²) >= 11 is 0. The third-order valence-corrected chi connectivity index (χ3v) is 5.22. The van der Waals surface area contributed by atoms with Gasteiger partial charge < -0.3 is 15.1 Å². The molecule has 7 nitrogen and oxygen atoms in total. The summed E-state index contributed by atoms with van der Waals surface area (Å²) in [7, 11) is 0. The van der Waals surface area contributed by atoms with E-state index in [1.165, 1.54) is 6.07 Å². The van der Waals surface area contributed by atoms with E-state index in [0.29, 0.717) is 42.4 Å². The number of fused-ring (bicyclic) bond motifs is 1. The number of carbonyl (C=O) groups excluding carboxylic acids is 1. The number of pyridine rings is 1. The maximum Gasteiger partial charge on any atom is 0.170 e. The fraction of sp³-hybridized carbons (Fsp3) is 0.227. The summed E-state index contributed by atoms with van der Waals surface area (Å²) < 4.78 is 14.8. The summed E-state index contributed by atoms with van der Waals surface area (Å²) in [6.07, 6.45) is 1.86. The van der Waals surface area contributed by atoms with E-state index in [1.807, 2.05) is 4.90 Å². The molecule has 0 saturated heterocycles. The van der Waals surface area contributed by atoms with E-state index in [9.17, 15) is 9.18 Å². The summed E-state index contributed by atoms with van der Waals surface area (Å²) in [5.41, 5.74) is 4.52. The SMILES string of the molecule is C=C(CN1C2=C(CN(C(C)C)C2=C)C(=C)n2nc(C=O)cc21)Nc1ccc(F)cn1. The molecule has 0 bridgehead atoms. The molecule has 0 atom stereocenters. The Morgan fingerprint density at radius 2 is 2.10 bits per heavy atom. The second-order valence-corrected chi connectivity index (χ2v) is 7.58. The monoisotopic (exact) mass is 406 g/mol. The van der Waals surface area contributed by atoms with Gasteiger partial charge in [-0.25, -0.2) is 14.1 Å². The van der Waals surface area contributed by atoms with Crippen molar-refractivity contribution in [3.05, 3.63) is 78.3 Å². The molecule has 30 heavy (non-hydrogen) atoms. The van der Waals surface area contributed by atoms with Crippen LogP contribution in [0.15, 0.2) is 66.8 Å². The van der Waals surface area contributed by atoms with Gasteiger partial charge in [0.1, 0.15) is 23.1 Å². The summed E-state index contributed by atoms with van der Waals surface area (Å²) in [6.45, 7) is 17.9. The molecule has 0 saturated carbocycles. The molecular formula is C22H23FN6O. The highest BCUT2D eigenvalue weighted by atomic mass is 19.1. The minimum absolute atomic E-state index is 0.264. The van der Waals surface area contributed by atoms with Gasteiger partial charge in [0.25, 0.3) is 0 Å². The molecule has 154 valence electrons. The highest BCUT2D eigenvalue weighted by molar-refractivity contribution is 5.83. The first-order valence-corrected chi connectivity index (χ1v) is 9.58. The van der Waals surface area contributed by atoms with Crippen molar-refractivity contribution in [1.82, 2.24) is 19.7 Å². The van der Waals surface area contributed by atoms with Crippen LogP contribution < -0.4 is 10.2 Å². The average Bonchev–Trinajstić information content (AvgIpc) is 3.29. The van der Waals surface area contributed by atoms with Gasteiger partial charge in [0.05, 0.1) is 29.8 Å². The smallest absolute Gasteiger partial charge is 0.170 e. The molecule has 4 heterocycles. The van der Waals surface area contributed by atoms with Gasteiger partial charge in [-0.2, -0.15) is 5.10 Å². The van der Waals surface area contributed by atoms with Crippen molar-refractivity contribution in [2.75, 3.05) is 23.3 Å². The fourth-order valence-corrected chi connectivity index (χ4v) is 3.79. The number of nitrogens with one attached hydrogen (secondary N) is 1. The van der Waals surface area contributed by atoms with Crippen molar-refractivity contribution in [3.8, 4) is 0 Å². The van der Waals surface area contributed by atoms with Crippen molar-refractivity contribution >= 4 is 23.6 Å². The van der Waals surface area contributed by atoms with Crippen LogP contribution in [-0.2, 0) is 0 Å². The first kappa shape index (κ1) is 19.6. The Morgan fingerprint density at radius 3 is 2.73 bits per heavy atom. The van der Waals surface area contributed by atoms with E-state index in [0.717, 1.165) is 28.9 Å². The summed E-state index contributed by atoms with van der Waals surface area (Å²) in [5.74, 6) is 0.799.